The van der Waals surface area contributed by atoms with E-state index in [0.29, 0.717) is 5.56 Å². The van der Waals surface area contributed by atoms with Crippen LogP contribution in [0.25, 0.3) is 0 Å². The fraction of sp³-hybridized carbons (Fsp3) is 0.0769. The van der Waals surface area contributed by atoms with E-state index in [1.54, 1.807) is 0 Å². The first-order valence-corrected chi connectivity index (χ1v) is 6.02. The molecule has 0 amide bonds. The molecule has 0 unspecified atom stereocenters. The molecule has 2 N–H and O–H groups in total. The normalized spacial score (nSPS) is 10.4. The van der Waals surface area contributed by atoms with Gasteiger partial charge in [0.05, 0.1) is 0 Å². The summed E-state index contributed by atoms with van der Waals surface area (Å²) in [5.41, 5.74) is 1.25. The smallest absolute Gasteiger partial charge is 0.187 e. The van der Waals surface area contributed by atoms with Crippen molar-refractivity contribution in [3.8, 4) is 5.75 Å². The first kappa shape index (κ1) is 12.8. The lowest BCUT2D eigenvalue weighted by Gasteiger charge is -2.08. The number of halogens is 3. The fourth-order valence-corrected chi connectivity index (χ4v) is 1.92. The third kappa shape index (κ3) is 2.98. The summed E-state index contributed by atoms with van der Waals surface area (Å²) < 4.78 is 27.1. The number of anilines is 1. The van der Waals surface area contributed by atoms with E-state index >= 15 is 0 Å². The summed E-state index contributed by atoms with van der Waals surface area (Å²) in [6.45, 7) is 0.268. The average molecular weight is 314 g/mol. The Bertz CT molecular complexity index is 552. The number of phenolic OH excluding ortho intramolecular Hbond substituents is 1. The van der Waals surface area contributed by atoms with Crippen LogP contribution in [0.15, 0.2) is 40.9 Å². The van der Waals surface area contributed by atoms with Gasteiger partial charge in [-0.15, -0.1) is 0 Å². The number of hydrogen-bond acceptors (Lipinski definition) is 2. The highest BCUT2D eigenvalue weighted by molar-refractivity contribution is 9.10. The molecule has 0 bridgehead atoms. The molecule has 0 spiro atoms. The lowest BCUT2D eigenvalue weighted by molar-refractivity contribution is 0.395. The number of benzene rings is 2. The van der Waals surface area contributed by atoms with E-state index in [1.165, 1.54) is 0 Å². The standard InChI is InChI=1S/C13H10BrF2NO/c14-9-2-1-3-10(6-9)17-7-8-4-11(15)13(18)12(16)5-8/h1-6,17-18H,7H2. The van der Waals surface area contributed by atoms with E-state index in [-0.39, 0.29) is 6.54 Å². The highest BCUT2D eigenvalue weighted by Gasteiger charge is 2.09. The van der Waals surface area contributed by atoms with E-state index < -0.39 is 17.4 Å². The van der Waals surface area contributed by atoms with Crippen LogP contribution in [0.5, 0.6) is 5.75 Å². The van der Waals surface area contributed by atoms with Crippen LogP contribution in [-0.2, 0) is 6.54 Å². The zero-order chi connectivity index (χ0) is 13.1. The molecule has 0 heterocycles. The van der Waals surface area contributed by atoms with Crippen molar-refractivity contribution in [2.75, 3.05) is 5.32 Å². The second-order valence-corrected chi connectivity index (χ2v) is 4.69. The Labute approximate surface area is 111 Å². The molecule has 18 heavy (non-hydrogen) atoms. The third-order valence-corrected chi connectivity index (χ3v) is 2.89. The predicted octanol–water partition coefficient (Wildman–Crippen LogP) is 4.05. The summed E-state index contributed by atoms with van der Waals surface area (Å²) in [7, 11) is 0. The van der Waals surface area contributed by atoms with Gasteiger partial charge in [-0.2, -0.15) is 0 Å². The highest BCUT2D eigenvalue weighted by atomic mass is 79.9. The van der Waals surface area contributed by atoms with Gasteiger partial charge in [-0.1, -0.05) is 22.0 Å². The summed E-state index contributed by atoms with van der Waals surface area (Å²) in [6, 6.07) is 9.63. The summed E-state index contributed by atoms with van der Waals surface area (Å²) in [6.07, 6.45) is 0. The molecule has 0 fully saturated rings. The van der Waals surface area contributed by atoms with Gasteiger partial charge in [-0.3, -0.25) is 0 Å². The molecule has 0 saturated heterocycles. The van der Waals surface area contributed by atoms with E-state index in [0.717, 1.165) is 22.3 Å². The van der Waals surface area contributed by atoms with Gasteiger partial charge in [0.15, 0.2) is 17.4 Å². The molecule has 2 nitrogen and oxygen atoms in total. The van der Waals surface area contributed by atoms with Crippen LogP contribution in [0, 0.1) is 11.6 Å². The van der Waals surface area contributed by atoms with Crippen LogP contribution in [-0.4, -0.2) is 5.11 Å². The van der Waals surface area contributed by atoms with E-state index in [1.807, 2.05) is 24.3 Å². The van der Waals surface area contributed by atoms with Crippen molar-refractivity contribution >= 4 is 21.6 Å². The largest absolute Gasteiger partial charge is 0.503 e. The van der Waals surface area contributed by atoms with Gasteiger partial charge in [-0.05, 0) is 35.9 Å². The maximum atomic E-state index is 13.1. The van der Waals surface area contributed by atoms with Gasteiger partial charge in [-0.25, -0.2) is 8.78 Å². The van der Waals surface area contributed by atoms with Gasteiger partial charge >= 0.3 is 0 Å². The molecular weight excluding hydrogens is 304 g/mol. The van der Waals surface area contributed by atoms with E-state index in [2.05, 4.69) is 21.2 Å². The molecule has 0 aliphatic carbocycles. The zero-order valence-corrected chi connectivity index (χ0v) is 10.8. The molecule has 0 radical (unpaired) electrons. The fourth-order valence-electron chi connectivity index (χ4n) is 1.52. The SMILES string of the molecule is Oc1c(F)cc(CNc2cccc(Br)c2)cc1F. The van der Waals surface area contributed by atoms with Crippen LogP contribution in [0.2, 0.25) is 0 Å². The third-order valence-electron chi connectivity index (χ3n) is 2.40. The average Bonchev–Trinajstić information content (AvgIpc) is 2.33. The molecule has 2 aromatic rings. The van der Waals surface area contributed by atoms with Gasteiger partial charge in [0.2, 0.25) is 0 Å². The molecule has 2 aromatic carbocycles. The minimum absolute atomic E-state index is 0.268. The van der Waals surface area contributed by atoms with Crippen molar-refractivity contribution in [3.05, 3.63) is 58.1 Å². The molecule has 0 atom stereocenters. The summed E-state index contributed by atoms with van der Waals surface area (Å²) >= 11 is 3.33. The Kier molecular flexibility index (Phi) is 3.81. The number of phenols is 1. The van der Waals surface area contributed by atoms with E-state index in [9.17, 15) is 8.78 Å². The highest BCUT2D eigenvalue weighted by Crippen LogP contribution is 2.22. The molecule has 0 aliphatic rings. The Hall–Kier alpha value is -1.62. The Balaban J connectivity index is 2.11. The topological polar surface area (TPSA) is 32.3 Å². The molecule has 0 aliphatic heterocycles. The molecular formula is C13H10BrF2NO. The molecule has 5 heteroatoms. The monoisotopic (exact) mass is 313 g/mol. The Morgan fingerprint density at radius 1 is 1.11 bits per heavy atom. The van der Waals surface area contributed by atoms with Crippen LogP contribution >= 0.6 is 15.9 Å². The second kappa shape index (κ2) is 5.35. The van der Waals surface area contributed by atoms with Gasteiger partial charge in [0, 0.05) is 16.7 Å². The molecule has 2 rings (SSSR count). The van der Waals surface area contributed by atoms with Crippen LogP contribution in [0.3, 0.4) is 0 Å². The summed E-state index contributed by atoms with van der Waals surface area (Å²) in [4.78, 5) is 0. The number of rotatable bonds is 3. The maximum absolute atomic E-state index is 13.1. The van der Waals surface area contributed by atoms with Crippen LogP contribution in [0.1, 0.15) is 5.56 Å². The summed E-state index contributed by atoms with van der Waals surface area (Å²) in [5.74, 6) is -2.86. The first-order chi connectivity index (χ1) is 8.56. The first-order valence-electron chi connectivity index (χ1n) is 5.22. The van der Waals surface area contributed by atoms with Crippen molar-refractivity contribution in [3.63, 3.8) is 0 Å². The number of aromatic hydroxyl groups is 1. The van der Waals surface area contributed by atoms with Gasteiger partial charge in [0.25, 0.3) is 0 Å². The summed E-state index contributed by atoms with van der Waals surface area (Å²) in [5, 5.41) is 12.0. The van der Waals surface area contributed by atoms with Crippen LogP contribution in [0.4, 0.5) is 14.5 Å². The number of hydrogen-bond donors (Lipinski definition) is 2. The lowest BCUT2D eigenvalue weighted by Crippen LogP contribution is -2.00. The minimum atomic E-state index is -0.957. The van der Waals surface area contributed by atoms with Crippen molar-refractivity contribution < 1.29 is 13.9 Å². The minimum Gasteiger partial charge on any atom is -0.503 e. The molecule has 94 valence electrons. The Morgan fingerprint density at radius 2 is 1.78 bits per heavy atom. The maximum Gasteiger partial charge on any atom is 0.187 e. The Morgan fingerprint density at radius 3 is 2.39 bits per heavy atom. The zero-order valence-electron chi connectivity index (χ0n) is 9.25. The molecule has 0 aromatic heterocycles. The second-order valence-electron chi connectivity index (χ2n) is 3.77. The van der Waals surface area contributed by atoms with E-state index in [4.69, 9.17) is 5.11 Å². The number of nitrogens with one attached hydrogen (secondary N) is 1. The van der Waals surface area contributed by atoms with Crippen molar-refractivity contribution in [2.24, 2.45) is 0 Å². The van der Waals surface area contributed by atoms with Crippen molar-refractivity contribution in [2.45, 2.75) is 6.54 Å². The van der Waals surface area contributed by atoms with Crippen molar-refractivity contribution in [1.29, 1.82) is 0 Å². The lowest BCUT2D eigenvalue weighted by atomic mass is 10.2. The van der Waals surface area contributed by atoms with Crippen LogP contribution < -0.4 is 5.32 Å². The predicted molar refractivity (Wildman–Crippen MR) is 69.5 cm³/mol. The molecule has 0 saturated carbocycles. The van der Waals surface area contributed by atoms with Crippen molar-refractivity contribution in [1.82, 2.24) is 0 Å². The van der Waals surface area contributed by atoms with Gasteiger partial charge < -0.3 is 10.4 Å². The quantitative estimate of drug-likeness (QED) is 0.896. The van der Waals surface area contributed by atoms with Gasteiger partial charge in [0.1, 0.15) is 0 Å².